The molecule has 1 atom stereocenters. The van der Waals surface area contributed by atoms with Crippen LogP contribution in [0.2, 0.25) is 0 Å². The van der Waals surface area contributed by atoms with Crippen LogP contribution in [0.25, 0.3) is 0 Å². The van der Waals surface area contributed by atoms with Crippen molar-refractivity contribution in [3.63, 3.8) is 0 Å². The molecule has 0 saturated carbocycles. The highest BCUT2D eigenvalue weighted by molar-refractivity contribution is 7.94. The Morgan fingerprint density at radius 2 is 1.96 bits per heavy atom. The highest BCUT2D eigenvalue weighted by Gasteiger charge is 2.27. The molecule has 1 aromatic rings. The molecule has 1 N–H and O–H groups in total. The first kappa shape index (κ1) is 18.1. The predicted octanol–water partition coefficient (Wildman–Crippen LogP) is 1.36. The second-order valence-electron chi connectivity index (χ2n) is 6.31. The van der Waals surface area contributed by atoms with Gasteiger partial charge in [-0.3, -0.25) is 4.79 Å². The van der Waals surface area contributed by atoms with E-state index in [0.29, 0.717) is 18.8 Å². The molecule has 0 radical (unpaired) electrons. The molecule has 2 aliphatic rings. The van der Waals surface area contributed by atoms with Gasteiger partial charge in [0.15, 0.2) is 9.84 Å². The summed E-state index contributed by atoms with van der Waals surface area (Å²) in [6.07, 6.45) is 3.27. The van der Waals surface area contributed by atoms with Crippen LogP contribution in [0.5, 0.6) is 0 Å². The molecule has 1 saturated heterocycles. The zero-order chi connectivity index (χ0) is 18.1. The first-order chi connectivity index (χ1) is 11.8. The summed E-state index contributed by atoms with van der Waals surface area (Å²) in [4.78, 5) is 12.2. The minimum Gasteiger partial charge on any atom is -0.326 e. The summed E-state index contributed by atoms with van der Waals surface area (Å²) in [7, 11) is -6.74. The Hall–Kier alpha value is -1.71. The number of amides is 1. The molecular weight excluding hydrogens is 364 g/mol. The van der Waals surface area contributed by atoms with Gasteiger partial charge in [-0.2, -0.15) is 4.31 Å². The molecule has 2 heterocycles. The molecule has 25 heavy (non-hydrogen) atoms. The molecule has 1 aromatic carbocycles. The highest BCUT2D eigenvalue weighted by Crippen LogP contribution is 2.24. The largest absolute Gasteiger partial charge is 0.326 e. The van der Waals surface area contributed by atoms with Crippen molar-refractivity contribution in [2.45, 2.75) is 24.2 Å². The average Bonchev–Trinajstić information content (AvgIpc) is 3.17. The lowest BCUT2D eigenvalue weighted by Crippen LogP contribution is -2.28. The fourth-order valence-corrected chi connectivity index (χ4v) is 5.99. The van der Waals surface area contributed by atoms with E-state index in [9.17, 15) is 21.6 Å². The lowest BCUT2D eigenvalue weighted by molar-refractivity contribution is -0.116. The Morgan fingerprint density at radius 1 is 1.24 bits per heavy atom. The molecule has 9 heteroatoms. The van der Waals surface area contributed by atoms with Crippen molar-refractivity contribution in [1.29, 1.82) is 0 Å². The maximum atomic E-state index is 12.6. The van der Waals surface area contributed by atoms with Crippen LogP contribution in [0.4, 0.5) is 5.69 Å². The number of nitrogens with zero attached hydrogens (tertiary/aromatic N) is 1. The summed E-state index contributed by atoms with van der Waals surface area (Å²) in [5.74, 6) is -0.756. The fourth-order valence-electron chi connectivity index (χ4n) is 3.03. The average molecular weight is 384 g/mol. The second-order valence-corrected chi connectivity index (χ2v) is 10.2. The van der Waals surface area contributed by atoms with Crippen LogP contribution in [0.3, 0.4) is 0 Å². The van der Waals surface area contributed by atoms with Crippen molar-refractivity contribution >= 4 is 31.5 Å². The number of rotatable bonds is 5. The summed E-state index contributed by atoms with van der Waals surface area (Å²) < 4.78 is 49.3. The van der Waals surface area contributed by atoms with Gasteiger partial charge >= 0.3 is 0 Å². The number of sulfonamides is 1. The van der Waals surface area contributed by atoms with Crippen molar-refractivity contribution in [1.82, 2.24) is 4.31 Å². The summed E-state index contributed by atoms with van der Waals surface area (Å²) in [6.45, 7) is 1.03. The van der Waals surface area contributed by atoms with E-state index in [1.165, 1.54) is 22.5 Å². The van der Waals surface area contributed by atoms with Crippen LogP contribution < -0.4 is 5.32 Å². The van der Waals surface area contributed by atoms with Gasteiger partial charge < -0.3 is 5.32 Å². The zero-order valence-corrected chi connectivity index (χ0v) is 15.2. The van der Waals surface area contributed by atoms with Gasteiger partial charge in [0.05, 0.1) is 10.6 Å². The third kappa shape index (κ3) is 4.28. The molecule has 2 aliphatic heterocycles. The van der Waals surface area contributed by atoms with Crippen LogP contribution >= 0.6 is 0 Å². The number of allylic oxidation sites excluding steroid dienone is 1. The number of hydrogen-bond acceptors (Lipinski definition) is 5. The summed E-state index contributed by atoms with van der Waals surface area (Å²) in [6, 6.07) is 6.14. The van der Waals surface area contributed by atoms with E-state index >= 15 is 0 Å². The van der Waals surface area contributed by atoms with Crippen molar-refractivity contribution in [2.75, 3.05) is 24.2 Å². The minimum absolute atomic E-state index is 0.0405. The van der Waals surface area contributed by atoms with E-state index in [-0.39, 0.29) is 28.9 Å². The topological polar surface area (TPSA) is 101 Å². The SMILES string of the molecule is O=C(C[C@@H]1C=CS(=O)(=O)C1)Nc1cccc(S(=O)(=O)N2CCCC2)c1. The molecule has 3 rings (SSSR count). The Labute approximate surface area is 147 Å². The van der Waals surface area contributed by atoms with Crippen LogP contribution in [-0.2, 0) is 24.7 Å². The molecule has 1 amide bonds. The molecule has 1 fully saturated rings. The van der Waals surface area contributed by atoms with E-state index < -0.39 is 19.9 Å². The van der Waals surface area contributed by atoms with E-state index in [2.05, 4.69) is 5.32 Å². The van der Waals surface area contributed by atoms with Gasteiger partial charge in [-0.25, -0.2) is 16.8 Å². The number of nitrogens with one attached hydrogen (secondary N) is 1. The van der Waals surface area contributed by atoms with Gasteiger partial charge in [-0.1, -0.05) is 12.1 Å². The molecule has 0 aliphatic carbocycles. The Balaban J connectivity index is 1.67. The van der Waals surface area contributed by atoms with Gasteiger partial charge in [-0.15, -0.1) is 0 Å². The number of sulfone groups is 1. The van der Waals surface area contributed by atoms with E-state index in [4.69, 9.17) is 0 Å². The van der Waals surface area contributed by atoms with Crippen molar-refractivity contribution < 1.29 is 21.6 Å². The number of benzene rings is 1. The van der Waals surface area contributed by atoms with Gasteiger partial charge in [0.2, 0.25) is 15.9 Å². The summed E-state index contributed by atoms with van der Waals surface area (Å²) in [5, 5.41) is 3.78. The van der Waals surface area contributed by atoms with Gasteiger partial charge in [0.1, 0.15) is 0 Å². The molecule has 0 unspecified atom stereocenters. The lowest BCUT2D eigenvalue weighted by Gasteiger charge is -2.16. The van der Waals surface area contributed by atoms with Crippen LogP contribution in [0.15, 0.2) is 40.6 Å². The molecule has 0 spiro atoms. The van der Waals surface area contributed by atoms with E-state index in [0.717, 1.165) is 18.2 Å². The zero-order valence-electron chi connectivity index (χ0n) is 13.6. The number of carbonyl (C=O) groups excluding carboxylic acids is 1. The van der Waals surface area contributed by atoms with Gasteiger partial charge in [0.25, 0.3) is 0 Å². The first-order valence-corrected chi connectivity index (χ1v) is 11.2. The molecular formula is C16H20N2O5S2. The number of anilines is 1. The molecule has 0 bridgehead atoms. The van der Waals surface area contributed by atoms with E-state index in [1.807, 2.05) is 0 Å². The Morgan fingerprint density at radius 3 is 2.60 bits per heavy atom. The van der Waals surface area contributed by atoms with Crippen molar-refractivity contribution in [3.05, 3.63) is 35.7 Å². The van der Waals surface area contributed by atoms with Crippen LogP contribution in [-0.4, -0.2) is 45.9 Å². The maximum absolute atomic E-state index is 12.6. The van der Waals surface area contributed by atoms with Gasteiger partial charge in [-0.05, 0) is 31.0 Å². The number of hydrogen-bond donors (Lipinski definition) is 1. The minimum atomic E-state index is -3.54. The monoisotopic (exact) mass is 384 g/mol. The third-order valence-corrected chi connectivity index (χ3v) is 7.63. The quantitative estimate of drug-likeness (QED) is 0.826. The van der Waals surface area contributed by atoms with Crippen molar-refractivity contribution in [2.24, 2.45) is 5.92 Å². The maximum Gasteiger partial charge on any atom is 0.243 e. The lowest BCUT2D eigenvalue weighted by atomic mass is 10.1. The molecule has 7 nitrogen and oxygen atoms in total. The normalized spacial score (nSPS) is 23.0. The van der Waals surface area contributed by atoms with E-state index in [1.54, 1.807) is 12.1 Å². The van der Waals surface area contributed by atoms with Crippen LogP contribution in [0.1, 0.15) is 19.3 Å². The smallest absolute Gasteiger partial charge is 0.243 e. The number of carbonyl (C=O) groups is 1. The predicted molar refractivity (Wildman–Crippen MR) is 94.1 cm³/mol. The molecule has 0 aromatic heterocycles. The van der Waals surface area contributed by atoms with Crippen molar-refractivity contribution in [3.8, 4) is 0 Å². The Kier molecular flexibility index (Phi) is 4.99. The third-order valence-electron chi connectivity index (χ3n) is 4.27. The summed E-state index contributed by atoms with van der Waals surface area (Å²) >= 11 is 0. The fraction of sp³-hybridized carbons (Fsp3) is 0.438. The highest BCUT2D eigenvalue weighted by atomic mass is 32.2. The van der Waals surface area contributed by atoms with Crippen LogP contribution in [0, 0.1) is 5.92 Å². The second kappa shape index (κ2) is 6.89. The first-order valence-electron chi connectivity index (χ1n) is 8.07. The Bertz CT molecular complexity index is 900. The van der Waals surface area contributed by atoms with Gasteiger partial charge in [0, 0.05) is 36.5 Å². The standard InChI is InChI=1S/C16H20N2O5S2/c19-16(10-13-6-9-24(20,21)12-13)17-14-4-3-5-15(11-14)25(22,23)18-7-1-2-8-18/h3-6,9,11,13H,1-2,7-8,10,12H2,(H,17,19)/t13-/m0/s1. The molecule has 136 valence electrons. The summed E-state index contributed by atoms with van der Waals surface area (Å²) in [5.41, 5.74) is 0.384.